The van der Waals surface area contributed by atoms with Gasteiger partial charge in [-0.1, -0.05) is 26.0 Å². The highest BCUT2D eigenvalue weighted by molar-refractivity contribution is 6.04. The third kappa shape index (κ3) is 4.21. The average molecular weight is 343 g/mol. The summed E-state index contributed by atoms with van der Waals surface area (Å²) in [5.41, 5.74) is 7.11. The second-order valence-electron chi connectivity index (χ2n) is 7.96. The lowest BCUT2D eigenvalue weighted by Crippen LogP contribution is -2.42. The third-order valence-electron chi connectivity index (χ3n) is 5.42. The number of nitrogens with two attached hydrogens (primary N) is 1. The van der Waals surface area contributed by atoms with E-state index in [-0.39, 0.29) is 23.8 Å². The lowest BCUT2D eigenvalue weighted by atomic mass is 9.91. The Hall–Kier alpha value is -1.88. The standard InChI is InChI=1S/C20H29N3O2/c1-13-9-14(2)12-23(11-13)20(25)17-5-3-4-6-18(17)22-19(24)15-7-8-16(21)10-15/h3-6,13-16H,7-12,21H2,1-2H3,(H,22,24). The van der Waals surface area contributed by atoms with Gasteiger partial charge in [0.05, 0.1) is 11.3 Å². The van der Waals surface area contributed by atoms with E-state index in [1.165, 1.54) is 0 Å². The maximum atomic E-state index is 13.0. The molecule has 5 heteroatoms. The number of benzene rings is 1. The van der Waals surface area contributed by atoms with Gasteiger partial charge in [0.15, 0.2) is 0 Å². The van der Waals surface area contributed by atoms with Crippen molar-refractivity contribution in [1.29, 1.82) is 0 Å². The van der Waals surface area contributed by atoms with Gasteiger partial charge in [-0.25, -0.2) is 0 Å². The monoisotopic (exact) mass is 343 g/mol. The van der Waals surface area contributed by atoms with Crippen molar-refractivity contribution in [3.05, 3.63) is 29.8 Å². The van der Waals surface area contributed by atoms with Gasteiger partial charge in [0.25, 0.3) is 5.91 Å². The number of carbonyl (C=O) groups is 2. The van der Waals surface area contributed by atoms with Crippen LogP contribution < -0.4 is 11.1 Å². The molecule has 5 nitrogen and oxygen atoms in total. The SMILES string of the molecule is CC1CC(C)CN(C(=O)c2ccccc2NC(=O)C2CCC(N)C2)C1. The number of nitrogens with one attached hydrogen (secondary N) is 1. The van der Waals surface area contributed by atoms with Crippen molar-refractivity contribution < 1.29 is 9.59 Å². The summed E-state index contributed by atoms with van der Waals surface area (Å²) >= 11 is 0. The Bertz CT molecular complexity index is 636. The van der Waals surface area contributed by atoms with Crippen molar-refractivity contribution in [2.75, 3.05) is 18.4 Å². The molecule has 3 rings (SSSR count). The van der Waals surface area contributed by atoms with E-state index >= 15 is 0 Å². The van der Waals surface area contributed by atoms with Crippen LogP contribution in [-0.2, 0) is 4.79 Å². The Balaban J connectivity index is 1.74. The lowest BCUT2D eigenvalue weighted by Gasteiger charge is -2.35. The highest BCUT2D eigenvalue weighted by atomic mass is 16.2. The third-order valence-corrected chi connectivity index (χ3v) is 5.42. The minimum Gasteiger partial charge on any atom is -0.338 e. The molecule has 0 radical (unpaired) electrons. The number of carbonyl (C=O) groups excluding carboxylic acids is 2. The molecule has 0 aromatic heterocycles. The zero-order chi connectivity index (χ0) is 18.0. The van der Waals surface area contributed by atoms with E-state index in [1.807, 2.05) is 29.2 Å². The van der Waals surface area contributed by atoms with E-state index in [0.717, 1.165) is 38.8 Å². The number of piperidine rings is 1. The van der Waals surface area contributed by atoms with Crippen LogP contribution in [0.3, 0.4) is 0 Å². The van der Waals surface area contributed by atoms with Crippen molar-refractivity contribution in [3.8, 4) is 0 Å². The summed E-state index contributed by atoms with van der Waals surface area (Å²) in [5.74, 6) is 0.961. The number of amides is 2. The molecular formula is C20H29N3O2. The summed E-state index contributed by atoms with van der Waals surface area (Å²) in [4.78, 5) is 27.5. The molecule has 1 aromatic rings. The highest BCUT2D eigenvalue weighted by Crippen LogP contribution is 2.28. The molecule has 25 heavy (non-hydrogen) atoms. The van der Waals surface area contributed by atoms with Crippen LogP contribution >= 0.6 is 0 Å². The van der Waals surface area contributed by atoms with Gasteiger partial charge in [-0.3, -0.25) is 9.59 Å². The largest absolute Gasteiger partial charge is 0.338 e. The normalized spacial score (nSPS) is 29.5. The molecule has 136 valence electrons. The molecule has 1 aliphatic carbocycles. The summed E-state index contributed by atoms with van der Waals surface area (Å²) in [5, 5.41) is 2.97. The number of hydrogen-bond acceptors (Lipinski definition) is 3. The van der Waals surface area contributed by atoms with E-state index in [1.54, 1.807) is 0 Å². The second-order valence-corrected chi connectivity index (χ2v) is 7.96. The minimum atomic E-state index is -0.0480. The first-order chi connectivity index (χ1) is 11.9. The molecule has 4 unspecified atom stereocenters. The molecule has 1 heterocycles. The molecule has 2 fully saturated rings. The topological polar surface area (TPSA) is 75.4 Å². The molecule has 2 amide bonds. The summed E-state index contributed by atoms with van der Waals surface area (Å²) in [6.45, 7) is 5.94. The van der Waals surface area contributed by atoms with Crippen LogP contribution in [-0.4, -0.2) is 35.8 Å². The van der Waals surface area contributed by atoms with E-state index in [4.69, 9.17) is 5.73 Å². The fourth-order valence-corrected chi connectivity index (χ4v) is 4.27. The summed E-state index contributed by atoms with van der Waals surface area (Å²) < 4.78 is 0. The van der Waals surface area contributed by atoms with Crippen LogP contribution in [0.5, 0.6) is 0 Å². The van der Waals surface area contributed by atoms with Gasteiger partial charge in [-0.2, -0.15) is 0 Å². The zero-order valence-electron chi connectivity index (χ0n) is 15.2. The Kier molecular flexibility index (Phi) is 5.42. The predicted octanol–water partition coefficient (Wildman–Crippen LogP) is 2.87. The van der Waals surface area contributed by atoms with Crippen molar-refractivity contribution in [1.82, 2.24) is 4.90 Å². The highest BCUT2D eigenvalue weighted by Gasteiger charge is 2.30. The van der Waals surface area contributed by atoms with Crippen LogP contribution in [0.4, 0.5) is 5.69 Å². The maximum absolute atomic E-state index is 13.0. The first kappa shape index (κ1) is 17.9. The first-order valence-electron chi connectivity index (χ1n) is 9.38. The number of likely N-dealkylation sites (tertiary alicyclic amines) is 1. The van der Waals surface area contributed by atoms with E-state index in [9.17, 15) is 9.59 Å². The number of para-hydroxylation sites is 1. The summed E-state index contributed by atoms with van der Waals surface area (Å²) in [6, 6.07) is 7.45. The Morgan fingerprint density at radius 2 is 1.76 bits per heavy atom. The number of rotatable bonds is 3. The zero-order valence-corrected chi connectivity index (χ0v) is 15.2. The maximum Gasteiger partial charge on any atom is 0.255 e. The van der Waals surface area contributed by atoms with Gasteiger partial charge < -0.3 is 16.0 Å². The van der Waals surface area contributed by atoms with Crippen LogP contribution in [0, 0.1) is 17.8 Å². The molecule has 3 N–H and O–H groups in total. The second kappa shape index (κ2) is 7.56. The fourth-order valence-electron chi connectivity index (χ4n) is 4.27. The Morgan fingerprint density at radius 3 is 2.40 bits per heavy atom. The summed E-state index contributed by atoms with van der Waals surface area (Å²) in [6.07, 6.45) is 3.60. The van der Waals surface area contributed by atoms with Crippen molar-refractivity contribution in [2.45, 2.75) is 45.6 Å². The van der Waals surface area contributed by atoms with Crippen molar-refractivity contribution in [3.63, 3.8) is 0 Å². The van der Waals surface area contributed by atoms with Gasteiger partial charge in [-0.15, -0.1) is 0 Å². The number of hydrogen-bond donors (Lipinski definition) is 2. The molecule has 1 aliphatic heterocycles. The number of nitrogens with zero attached hydrogens (tertiary/aromatic N) is 1. The molecule has 1 saturated heterocycles. The van der Waals surface area contributed by atoms with Crippen LogP contribution in [0.25, 0.3) is 0 Å². The molecule has 0 spiro atoms. The fraction of sp³-hybridized carbons (Fsp3) is 0.600. The molecule has 4 atom stereocenters. The van der Waals surface area contributed by atoms with Crippen LogP contribution in [0.15, 0.2) is 24.3 Å². The van der Waals surface area contributed by atoms with E-state index in [2.05, 4.69) is 19.2 Å². The molecule has 1 aromatic carbocycles. The van der Waals surface area contributed by atoms with Gasteiger partial charge in [0.1, 0.15) is 0 Å². The van der Waals surface area contributed by atoms with Gasteiger partial charge >= 0.3 is 0 Å². The first-order valence-corrected chi connectivity index (χ1v) is 9.38. The quantitative estimate of drug-likeness (QED) is 0.886. The minimum absolute atomic E-state index is 0.0115. The van der Waals surface area contributed by atoms with Gasteiger partial charge in [0.2, 0.25) is 5.91 Å². The van der Waals surface area contributed by atoms with E-state index < -0.39 is 0 Å². The average Bonchev–Trinajstić information content (AvgIpc) is 3.00. The summed E-state index contributed by atoms with van der Waals surface area (Å²) in [7, 11) is 0. The lowest BCUT2D eigenvalue weighted by molar-refractivity contribution is -0.119. The smallest absolute Gasteiger partial charge is 0.255 e. The number of anilines is 1. The van der Waals surface area contributed by atoms with Gasteiger partial charge in [-0.05, 0) is 49.7 Å². The van der Waals surface area contributed by atoms with Crippen LogP contribution in [0.2, 0.25) is 0 Å². The molecule has 2 aliphatic rings. The predicted molar refractivity (Wildman–Crippen MR) is 99.2 cm³/mol. The van der Waals surface area contributed by atoms with Crippen molar-refractivity contribution >= 4 is 17.5 Å². The van der Waals surface area contributed by atoms with Crippen LogP contribution in [0.1, 0.15) is 49.9 Å². The molecule has 0 bridgehead atoms. The Morgan fingerprint density at radius 1 is 1.08 bits per heavy atom. The van der Waals surface area contributed by atoms with E-state index in [0.29, 0.717) is 23.1 Å². The Labute approximate surface area is 150 Å². The van der Waals surface area contributed by atoms with Gasteiger partial charge in [0, 0.05) is 25.0 Å². The molecular weight excluding hydrogens is 314 g/mol. The molecule has 1 saturated carbocycles. The van der Waals surface area contributed by atoms with Crippen molar-refractivity contribution in [2.24, 2.45) is 23.5 Å².